The molecule has 0 heterocycles. The minimum absolute atomic E-state index is 0.0449. The first-order chi connectivity index (χ1) is 19.9. The SMILES string of the molecule is CCC(C)(C)c1ccc(OCCCC(=O)NN=Cc2ccc(Oc3ccccc3Cl)c([N+](=O)[O-])c2)c(C(C)(C)CC)c1. The van der Waals surface area contributed by atoms with Crippen LogP contribution in [0.1, 0.15) is 83.9 Å². The highest BCUT2D eigenvalue weighted by molar-refractivity contribution is 6.32. The van der Waals surface area contributed by atoms with Crippen LogP contribution in [0.25, 0.3) is 0 Å². The highest BCUT2D eigenvalue weighted by atomic mass is 35.5. The topological polar surface area (TPSA) is 103 Å². The molecule has 0 aliphatic carbocycles. The Bertz CT molecular complexity index is 1430. The van der Waals surface area contributed by atoms with Crippen LogP contribution < -0.4 is 14.9 Å². The smallest absolute Gasteiger partial charge is 0.312 e. The van der Waals surface area contributed by atoms with Crippen molar-refractivity contribution in [2.75, 3.05) is 6.61 Å². The summed E-state index contributed by atoms with van der Waals surface area (Å²) >= 11 is 6.10. The first-order valence-corrected chi connectivity index (χ1v) is 14.6. The average molecular weight is 594 g/mol. The average Bonchev–Trinajstić information content (AvgIpc) is 2.97. The number of benzene rings is 3. The summed E-state index contributed by atoms with van der Waals surface area (Å²) in [6.07, 6.45) is 4.08. The van der Waals surface area contributed by atoms with E-state index in [-0.39, 0.29) is 34.6 Å². The van der Waals surface area contributed by atoms with Crippen LogP contribution in [0.4, 0.5) is 5.69 Å². The predicted octanol–water partition coefficient (Wildman–Crippen LogP) is 8.73. The molecule has 0 aromatic heterocycles. The van der Waals surface area contributed by atoms with E-state index in [0.29, 0.717) is 29.4 Å². The molecule has 1 amide bonds. The van der Waals surface area contributed by atoms with Crippen molar-refractivity contribution in [1.82, 2.24) is 5.43 Å². The monoisotopic (exact) mass is 593 g/mol. The number of para-hydroxylation sites is 1. The van der Waals surface area contributed by atoms with Crippen LogP contribution in [0, 0.1) is 10.1 Å². The molecule has 42 heavy (non-hydrogen) atoms. The molecule has 9 heteroatoms. The molecular formula is C33H40ClN3O5. The maximum absolute atomic E-state index is 12.3. The molecule has 1 N–H and O–H groups in total. The minimum Gasteiger partial charge on any atom is -0.493 e. The lowest BCUT2D eigenvalue weighted by Gasteiger charge is -2.30. The summed E-state index contributed by atoms with van der Waals surface area (Å²) in [7, 11) is 0. The van der Waals surface area contributed by atoms with E-state index in [2.05, 4.69) is 64.2 Å². The molecule has 224 valence electrons. The van der Waals surface area contributed by atoms with Gasteiger partial charge in [0.05, 0.1) is 22.8 Å². The number of nitrogens with zero attached hydrogens (tertiary/aromatic N) is 2. The number of halogens is 1. The molecule has 3 rings (SSSR count). The van der Waals surface area contributed by atoms with Crippen LogP contribution in [0.2, 0.25) is 5.02 Å². The summed E-state index contributed by atoms with van der Waals surface area (Å²) in [5.41, 5.74) is 5.15. The van der Waals surface area contributed by atoms with Crippen LogP contribution in [-0.2, 0) is 15.6 Å². The molecule has 0 aliphatic rings. The first kappa shape index (κ1) is 32.6. The highest BCUT2D eigenvalue weighted by Gasteiger charge is 2.26. The minimum atomic E-state index is -0.548. The maximum Gasteiger partial charge on any atom is 0.312 e. The van der Waals surface area contributed by atoms with Gasteiger partial charge in [0.2, 0.25) is 11.7 Å². The van der Waals surface area contributed by atoms with Crippen molar-refractivity contribution in [2.24, 2.45) is 5.10 Å². The molecular weight excluding hydrogens is 554 g/mol. The summed E-state index contributed by atoms with van der Waals surface area (Å²) in [4.78, 5) is 23.4. The zero-order chi connectivity index (χ0) is 30.9. The summed E-state index contributed by atoms with van der Waals surface area (Å²) in [5.74, 6) is 0.919. The van der Waals surface area contributed by atoms with Gasteiger partial charge in [0, 0.05) is 23.6 Å². The van der Waals surface area contributed by atoms with E-state index >= 15 is 0 Å². The zero-order valence-electron chi connectivity index (χ0n) is 25.2. The summed E-state index contributed by atoms with van der Waals surface area (Å²) in [5, 5.41) is 15.9. The Morgan fingerprint density at radius 3 is 2.33 bits per heavy atom. The van der Waals surface area contributed by atoms with Crippen LogP contribution in [0.15, 0.2) is 65.8 Å². The molecule has 0 saturated carbocycles. The lowest BCUT2D eigenvalue weighted by atomic mass is 9.76. The maximum atomic E-state index is 12.3. The van der Waals surface area contributed by atoms with Gasteiger partial charge in [0.25, 0.3) is 0 Å². The molecule has 0 aliphatic heterocycles. The van der Waals surface area contributed by atoms with Gasteiger partial charge in [-0.25, -0.2) is 5.43 Å². The number of hydrogen-bond donors (Lipinski definition) is 1. The highest BCUT2D eigenvalue weighted by Crippen LogP contribution is 2.39. The number of carbonyl (C=O) groups excluding carboxylic acids is 1. The fourth-order valence-corrected chi connectivity index (χ4v) is 4.31. The van der Waals surface area contributed by atoms with Crippen molar-refractivity contribution < 1.29 is 19.2 Å². The number of ether oxygens (including phenoxy) is 2. The Balaban J connectivity index is 1.56. The molecule has 0 fully saturated rings. The number of hydrazone groups is 1. The third-order valence-corrected chi connectivity index (χ3v) is 8.02. The van der Waals surface area contributed by atoms with Gasteiger partial charge in [-0.15, -0.1) is 0 Å². The van der Waals surface area contributed by atoms with Crippen LogP contribution in [0.5, 0.6) is 17.2 Å². The molecule has 0 radical (unpaired) electrons. The van der Waals surface area contributed by atoms with E-state index < -0.39 is 4.92 Å². The van der Waals surface area contributed by atoms with Crippen LogP contribution in [0.3, 0.4) is 0 Å². The van der Waals surface area contributed by atoms with Gasteiger partial charge in [0.1, 0.15) is 11.5 Å². The number of nitro groups is 1. The Morgan fingerprint density at radius 1 is 0.976 bits per heavy atom. The van der Waals surface area contributed by atoms with Gasteiger partial charge in [-0.3, -0.25) is 14.9 Å². The lowest BCUT2D eigenvalue weighted by Crippen LogP contribution is -2.21. The van der Waals surface area contributed by atoms with Crippen LogP contribution >= 0.6 is 11.6 Å². The van der Waals surface area contributed by atoms with Gasteiger partial charge in [-0.2, -0.15) is 5.10 Å². The molecule has 0 atom stereocenters. The number of hydrogen-bond acceptors (Lipinski definition) is 6. The molecule has 0 unspecified atom stereocenters. The summed E-state index contributed by atoms with van der Waals surface area (Å²) in [6.45, 7) is 13.7. The largest absolute Gasteiger partial charge is 0.493 e. The number of carbonyl (C=O) groups is 1. The van der Waals surface area contributed by atoms with Crippen LogP contribution in [-0.4, -0.2) is 23.7 Å². The molecule has 0 spiro atoms. The van der Waals surface area contributed by atoms with E-state index in [0.717, 1.165) is 18.6 Å². The Hall–Kier alpha value is -3.91. The van der Waals surface area contributed by atoms with Gasteiger partial charge in [-0.05, 0) is 66.0 Å². The number of nitro benzene ring substituents is 1. The third-order valence-electron chi connectivity index (χ3n) is 7.70. The van der Waals surface area contributed by atoms with Gasteiger partial charge in [-0.1, -0.05) is 77.4 Å². The molecule has 0 bridgehead atoms. The molecule has 0 saturated heterocycles. The second-order valence-corrected chi connectivity index (χ2v) is 11.9. The molecule has 8 nitrogen and oxygen atoms in total. The third kappa shape index (κ3) is 8.55. The summed E-state index contributed by atoms with van der Waals surface area (Å²) < 4.78 is 11.8. The standard InChI is InChI=1S/C33H40ClN3O5/c1-7-32(3,4)24-16-18-28(25(21-24)33(5,6)8-2)41-19-11-14-31(38)36-35-22-23-15-17-30(27(20-23)37(39)40)42-29-13-10-9-12-26(29)34/h9-10,12-13,15-18,20-22H,7-8,11,14,19H2,1-6H3,(H,36,38). The Morgan fingerprint density at radius 2 is 1.67 bits per heavy atom. The summed E-state index contributed by atoms with van der Waals surface area (Å²) in [6, 6.07) is 17.5. The molecule has 3 aromatic rings. The number of amides is 1. The van der Waals surface area contributed by atoms with Crippen molar-refractivity contribution in [1.29, 1.82) is 0 Å². The zero-order valence-corrected chi connectivity index (χ0v) is 26.0. The van der Waals surface area contributed by atoms with Crippen molar-refractivity contribution in [3.63, 3.8) is 0 Å². The quantitative estimate of drug-likeness (QED) is 0.0871. The van der Waals surface area contributed by atoms with E-state index in [4.69, 9.17) is 21.1 Å². The van der Waals surface area contributed by atoms with Crippen molar-refractivity contribution in [2.45, 2.75) is 78.1 Å². The van der Waals surface area contributed by atoms with Crippen molar-refractivity contribution in [3.8, 4) is 17.2 Å². The second-order valence-electron chi connectivity index (χ2n) is 11.4. The number of nitrogens with one attached hydrogen (secondary N) is 1. The fourth-order valence-electron chi connectivity index (χ4n) is 4.14. The van der Waals surface area contributed by atoms with E-state index in [9.17, 15) is 14.9 Å². The predicted molar refractivity (Wildman–Crippen MR) is 168 cm³/mol. The second kappa shape index (κ2) is 14.3. The lowest BCUT2D eigenvalue weighted by molar-refractivity contribution is -0.385. The normalized spacial score (nSPS) is 11.9. The van der Waals surface area contributed by atoms with E-state index in [1.807, 2.05) is 6.07 Å². The number of rotatable bonds is 14. The van der Waals surface area contributed by atoms with Gasteiger partial charge < -0.3 is 9.47 Å². The first-order valence-electron chi connectivity index (χ1n) is 14.2. The van der Waals surface area contributed by atoms with E-state index in [1.165, 1.54) is 29.5 Å². The Labute approximate surface area is 253 Å². The fraction of sp³-hybridized carbons (Fsp3) is 0.394. The molecule has 3 aromatic carbocycles. The van der Waals surface area contributed by atoms with Crippen molar-refractivity contribution in [3.05, 3.63) is 92.5 Å². The van der Waals surface area contributed by atoms with Gasteiger partial charge in [0.15, 0.2) is 0 Å². The van der Waals surface area contributed by atoms with Gasteiger partial charge >= 0.3 is 5.69 Å². The Kier molecular flexibility index (Phi) is 11.1. The van der Waals surface area contributed by atoms with Crippen molar-refractivity contribution >= 4 is 29.4 Å². The van der Waals surface area contributed by atoms with E-state index in [1.54, 1.807) is 30.3 Å².